The number of phenols is 1. The number of guanidine groups is 1. The summed E-state index contributed by atoms with van der Waals surface area (Å²) in [5.41, 5.74) is 1.10. The number of ether oxygens (including phenoxy) is 1. The number of nitrogens with zero attached hydrogens (tertiary/aromatic N) is 2. The van der Waals surface area contributed by atoms with E-state index in [0.717, 1.165) is 24.6 Å². The van der Waals surface area contributed by atoms with Gasteiger partial charge in [-0.15, -0.1) is 0 Å². The van der Waals surface area contributed by atoms with Crippen LogP contribution in [0.5, 0.6) is 11.5 Å². The molecule has 1 heterocycles. The second kappa shape index (κ2) is 10.4. The van der Waals surface area contributed by atoms with E-state index < -0.39 is 0 Å². The van der Waals surface area contributed by atoms with Gasteiger partial charge in [-0.2, -0.15) is 0 Å². The van der Waals surface area contributed by atoms with E-state index in [1.165, 1.54) is 32.4 Å². The monoisotopic (exact) mass is 376 g/mol. The Hall–Kier alpha value is -1.95. The predicted octanol–water partition coefficient (Wildman–Crippen LogP) is 3.11. The van der Waals surface area contributed by atoms with E-state index in [-0.39, 0.29) is 11.3 Å². The number of benzene rings is 1. The Morgan fingerprint density at radius 3 is 2.59 bits per heavy atom. The molecule has 0 atom stereocenters. The van der Waals surface area contributed by atoms with Crippen molar-refractivity contribution in [2.75, 3.05) is 32.8 Å². The number of rotatable bonds is 8. The maximum Gasteiger partial charge on any atom is 0.191 e. The van der Waals surface area contributed by atoms with Crippen LogP contribution >= 0.6 is 0 Å². The van der Waals surface area contributed by atoms with Gasteiger partial charge >= 0.3 is 0 Å². The fraction of sp³-hybridized carbons (Fsp3) is 0.667. The minimum atomic E-state index is 0.0945. The van der Waals surface area contributed by atoms with Gasteiger partial charge in [-0.3, -0.25) is 4.90 Å². The first-order chi connectivity index (χ1) is 13.0. The molecule has 0 unspecified atom stereocenters. The summed E-state index contributed by atoms with van der Waals surface area (Å²) >= 11 is 0. The van der Waals surface area contributed by atoms with E-state index in [4.69, 9.17) is 9.73 Å². The van der Waals surface area contributed by atoms with E-state index in [9.17, 15) is 5.11 Å². The fourth-order valence-corrected chi connectivity index (χ4v) is 3.35. The molecular formula is C21H36N4O2. The zero-order valence-electron chi connectivity index (χ0n) is 17.3. The molecule has 1 saturated heterocycles. The van der Waals surface area contributed by atoms with Crippen molar-refractivity contribution in [1.29, 1.82) is 0 Å². The third-order valence-electron chi connectivity index (χ3n) is 4.99. The average molecular weight is 377 g/mol. The molecule has 0 spiro atoms. The molecule has 0 radical (unpaired) electrons. The van der Waals surface area contributed by atoms with Crippen molar-refractivity contribution < 1.29 is 9.84 Å². The molecule has 27 heavy (non-hydrogen) atoms. The highest BCUT2D eigenvalue weighted by Crippen LogP contribution is 2.27. The normalized spacial score (nSPS) is 16.2. The first-order valence-corrected chi connectivity index (χ1v) is 10.2. The van der Waals surface area contributed by atoms with Gasteiger partial charge in [0.2, 0.25) is 0 Å². The molecule has 6 heteroatoms. The van der Waals surface area contributed by atoms with Gasteiger partial charge in [0.15, 0.2) is 17.5 Å². The molecule has 0 saturated carbocycles. The Morgan fingerprint density at radius 1 is 1.19 bits per heavy atom. The van der Waals surface area contributed by atoms with E-state index in [1.54, 1.807) is 6.07 Å². The molecule has 1 aliphatic heterocycles. The summed E-state index contributed by atoms with van der Waals surface area (Å²) in [6.45, 7) is 13.6. The third-order valence-corrected chi connectivity index (χ3v) is 4.99. The second-order valence-corrected chi connectivity index (χ2v) is 7.64. The number of hydrogen-bond acceptors (Lipinski definition) is 4. The second-order valence-electron chi connectivity index (χ2n) is 7.64. The molecule has 2 rings (SSSR count). The van der Waals surface area contributed by atoms with Crippen LogP contribution in [0.1, 0.15) is 52.5 Å². The molecule has 0 bridgehead atoms. The number of likely N-dealkylation sites (tertiary alicyclic amines) is 1. The Kier molecular flexibility index (Phi) is 8.23. The summed E-state index contributed by atoms with van der Waals surface area (Å²) < 4.78 is 5.46. The van der Waals surface area contributed by atoms with Crippen LogP contribution in [-0.2, 0) is 6.54 Å². The number of hydrogen-bond donors (Lipinski definition) is 3. The van der Waals surface area contributed by atoms with Gasteiger partial charge in [-0.05, 0) is 71.3 Å². The quantitative estimate of drug-likeness (QED) is 0.480. The first kappa shape index (κ1) is 21.4. The summed E-state index contributed by atoms with van der Waals surface area (Å²) in [6.07, 6.45) is 3.93. The van der Waals surface area contributed by atoms with Crippen molar-refractivity contribution in [1.82, 2.24) is 15.5 Å². The SMILES string of the molecule is CCNC(=NCc1ccc(O)c(OCC)c1)NCC(C)(C)N1CCCCC1. The van der Waals surface area contributed by atoms with Crippen LogP contribution in [0, 0.1) is 0 Å². The number of aromatic hydroxyl groups is 1. The summed E-state index contributed by atoms with van der Waals surface area (Å²) in [6, 6.07) is 5.39. The van der Waals surface area contributed by atoms with E-state index in [2.05, 4.69) is 36.3 Å². The minimum Gasteiger partial charge on any atom is -0.504 e. The van der Waals surface area contributed by atoms with Gasteiger partial charge in [-0.25, -0.2) is 4.99 Å². The van der Waals surface area contributed by atoms with Gasteiger partial charge < -0.3 is 20.5 Å². The lowest BCUT2D eigenvalue weighted by Crippen LogP contribution is -2.54. The van der Waals surface area contributed by atoms with Crippen molar-refractivity contribution in [2.45, 2.75) is 59.0 Å². The highest BCUT2D eigenvalue weighted by atomic mass is 16.5. The highest BCUT2D eigenvalue weighted by molar-refractivity contribution is 5.79. The minimum absolute atomic E-state index is 0.0945. The van der Waals surface area contributed by atoms with Crippen molar-refractivity contribution in [3.05, 3.63) is 23.8 Å². The Labute approximate surface area is 164 Å². The van der Waals surface area contributed by atoms with Crippen molar-refractivity contribution >= 4 is 5.96 Å². The topological polar surface area (TPSA) is 69.1 Å². The molecule has 1 aromatic carbocycles. The first-order valence-electron chi connectivity index (χ1n) is 10.2. The molecule has 0 amide bonds. The average Bonchev–Trinajstić information content (AvgIpc) is 2.67. The van der Waals surface area contributed by atoms with Crippen molar-refractivity contribution in [2.24, 2.45) is 4.99 Å². The molecule has 1 aliphatic rings. The molecule has 0 aliphatic carbocycles. The molecule has 1 fully saturated rings. The van der Waals surface area contributed by atoms with Gasteiger partial charge in [0, 0.05) is 18.6 Å². The van der Waals surface area contributed by atoms with Gasteiger partial charge in [0.05, 0.1) is 13.2 Å². The number of aliphatic imine (C=N–C) groups is 1. The maximum atomic E-state index is 9.84. The predicted molar refractivity (Wildman–Crippen MR) is 112 cm³/mol. The number of phenolic OH excluding ortho intramolecular Hbond substituents is 1. The van der Waals surface area contributed by atoms with Crippen LogP contribution in [0.4, 0.5) is 0 Å². The number of piperidine rings is 1. The Morgan fingerprint density at radius 2 is 1.93 bits per heavy atom. The van der Waals surface area contributed by atoms with Crippen LogP contribution in [0.15, 0.2) is 23.2 Å². The standard InChI is InChI=1S/C21H36N4O2/c1-5-22-20(24-16-21(3,4)25-12-8-7-9-13-25)23-15-17-10-11-18(26)19(14-17)27-6-2/h10-11,14,26H,5-9,12-13,15-16H2,1-4H3,(H2,22,23,24). The lowest BCUT2D eigenvalue weighted by atomic mass is 9.98. The van der Waals surface area contributed by atoms with Gasteiger partial charge in [0.25, 0.3) is 0 Å². The Bertz CT molecular complexity index is 610. The lowest BCUT2D eigenvalue weighted by Gasteiger charge is -2.41. The highest BCUT2D eigenvalue weighted by Gasteiger charge is 2.27. The van der Waals surface area contributed by atoms with Gasteiger partial charge in [-0.1, -0.05) is 12.5 Å². The summed E-state index contributed by atoms with van der Waals surface area (Å²) in [5.74, 6) is 1.49. The van der Waals surface area contributed by atoms with Gasteiger partial charge in [0.1, 0.15) is 0 Å². The molecule has 6 nitrogen and oxygen atoms in total. The van der Waals surface area contributed by atoms with Crippen LogP contribution < -0.4 is 15.4 Å². The summed E-state index contributed by atoms with van der Waals surface area (Å²) in [7, 11) is 0. The molecule has 3 N–H and O–H groups in total. The lowest BCUT2D eigenvalue weighted by molar-refractivity contribution is 0.0982. The zero-order valence-corrected chi connectivity index (χ0v) is 17.3. The molecular weight excluding hydrogens is 340 g/mol. The smallest absolute Gasteiger partial charge is 0.191 e. The maximum absolute atomic E-state index is 9.84. The zero-order chi connectivity index (χ0) is 19.7. The van der Waals surface area contributed by atoms with E-state index >= 15 is 0 Å². The number of nitrogens with one attached hydrogen (secondary N) is 2. The third kappa shape index (κ3) is 6.61. The van der Waals surface area contributed by atoms with Crippen LogP contribution in [0.25, 0.3) is 0 Å². The molecule has 152 valence electrons. The van der Waals surface area contributed by atoms with Crippen LogP contribution in [-0.4, -0.2) is 54.3 Å². The van der Waals surface area contributed by atoms with E-state index in [1.807, 2.05) is 19.1 Å². The molecule has 1 aromatic rings. The summed E-state index contributed by atoms with van der Waals surface area (Å²) in [5, 5.41) is 16.7. The fourth-order valence-electron chi connectivity index (χ4n) is 3.35. The molecule has 0 aromatic heterocycles. The van der Waals surface area contributed by atoms with Crippen molar-refractivity contribution in [3.63, 3.8) is 0 Å². The Balaban J connectivity index is 1.98. The van der Waals surface area contributed by atoms with E-state index in [0.29, 0.717) is 18.9 Å². The summed E-state index contributed by atoms with van der Waals surface area (Å²) in [4.78, 5) is 7.27. The van der Waals surface area contributed by atoms with Crippen molar-refractivity contribution in [3.8, 4) is 11.5 Å². The van der Waals surface area contributed by atoms with Crippen LogP contribution in [0.2, 0.25) is 0 Å². The van der Waals surface area contributed by atoms with Crippen LogP contribution in [0.3, 0.4) is 0 Å². The largest absolute Gasteiger partial charge is 0.504 e.